The van der Waals surface area contributed by atoms with Crippen molar-refractivity contribution in [1.29, 1.82) is 5.26 Å². The molecule has 0 aliphatic heterocycles. The predicted molar refractivity (Wildman–Crippen MR) is 123 cm³/mol. The fraction of sp³-hybridized carbons (Fsp3) is 0.375. The van der Waals surface area contributed by atoms with Crippen molar-refractivity contribution >= 4 is 35.3 Å². The molecule has 0 bridgehead atoms. The number of ether oxygens (including phenoxy) is 1. The first-order valence-corrected chi connectivity index (χ1v) is 10.8. The van der Waals surface area contributed by atoms with Crippen LogP contribution < -0.4 is 9.64 Å². The van der Waals surface area contributed by atoms with Crippen LogP contribution in [0.1, 0.15) is 54.8 Å². The molecular formula is C24H30N2OS. The summed E-state index contributed by atoms with van der Waals surface area (Å²) < 4.78 is 5.67. The van der Waals surface area contributed by atoms with Gasteiger partial charge in [-0.3, -0.25) is 0 Å². The van der Waals surface area contributed by atoms with E-state index in [1.165, 1.54) is 37.4 Å². The van der Waals surface area contributed by atoms with Crippen LogP contribution in [0.5, 0.6) is 5.75 Å². The Bertz CT molecular complexity index is 821. The van der Waals surface area contributed by atoms with Crippen molar-refractivity contribution in [3.05, 3.63) is 51.7 Å². The Kier molecular flexibility index (Phi) is 9.37. The van der Waals surface area contributed by atoms with E-state index in [0.29, 0.717) is 0 Å². The summed E-state index contributed by atoms with van der Waals surface area (Å²) in [4.78, 5) is 4.69. The number of nitriles is 1. The summed E-state index contributed by atoms with van der Waals surface area (Å²) in [6.07, 6.45) is 12.3. The van der Waals surface area contributed by atoms with Gasteiger partial charge in [0.25, 0.3) is 0 Å². The number of hydrogen-bond acceptors (Lipinski definition) is 4. The van der Waals surface area contributed by atoms with E-state index < -0.39 is 0 Å². The highest BCUT2D eigenvalue weighted by atomic mass is 32.1. The van der Waals surface area contributed by atoms with Gasteiger partial charge in [-0.25, -0.2) is 0 Å². The number of benzene rings is 1. The molecule has 0 fully saturated rings. The van der Waals surface area contributed by atoms with Crippen molar-refractivity contribution in [2.75, 3.05) is 25.1 Å². The van der Waals surface area contributed by atoms with Gasteiger partial charge < -0.3 is 9.64 Å². The van der Waals surface area contributed by atoms with Crippen LogP contribution in [-0.2, 0) is 0 Å². The van der Waals surface area contributed by atoms with Crippen LogP contribution in [0.4, 0.5) is 5.69 Å². The highest BCUT2D eigenvalue weighted by molar-refractivity contribution is 7.13. The second-order valence-corrected chi connectivity index (χ2v) is 7.80. The van der Waals surface area contributed by atoms with Crippen LogP contribution in [0.2, 0.25) is 0 Å². The van der Waals surface area contributed by atoms with Gasteiger partial charge in [0.15, 0.2) is 0 Å². The summed E-state index contributed by atoms with van der Waals surface area (Å²) in [6.45, 7) is 6.64. The second-order valence-electron chi connectivity index (χ2n) is 6.66. The molecule has 0 N–H and O–H groups in total. The molecule has 0 saturated carbocycles. The minimum absolute atomic E-state index is 0.896. The third kappa shape index (κ3) is 6.58. The number of methoxy groups -OCH3 is 1. The maximum Gasteiger partial charge on any atom is 0.128 e. The summed E-state index contributed by atoms with van der Waals surface area (Å²) in [6, 6.07) is 12.6. The predicted octanol–water partition coefficient (Wildman–Crippen LogP) is 6.87. The lowest BCUT2D eigenvalue weighted by Crippen LogP contribution is -2.25. The van der Waals surface area contributed by atoms with Gasteiger partial charge in [0.1, 0.15) is 5.75 Å². The molecule has 4 heteroatoms. The summed E-state index contributed by atoms with van der Waals surface area (Å²) >= 11 is 1.66. The van der Waals surface area contributed by atoms with Crippen molar-refractivity contribution in [3.8, 4) is 11.8 Å². The van der Waals surface area contributed by atoms with Crippen LogP contribution in [0.15, 0.2) is 36.4 Å². The summed E-state index contributed by atoms with van der Waals surface area (Å²) in [5.41, 5.74) is 2.30. The van der Waals surface area contributed by atoms with Crippen molar-refractivity contribution in [1.82, 2.24) is 0 Å². The van der Waals surface area contributed by atoms with Gasteiger partial charge in [0.05, 0.1) is 13.2 Å². The average molecular weight is 395 g/mol. The first-order chi connectivity index (χ1) is 13.7. The Morgan fingerprint density at radius 2 is 1.68 bits per heavy atom. The second kappa shape index (κ2) is 12.0. The molecule has 2 rings (SSSR count). The lowest BCUT2D eigenvalue weighted by Gasteiger charge is -2.25. The molecule has 1 heterocycles. The number of unbranched alkanes of at least 4 members (excludes halogenated alkanes) is 2. The van der Waals surface area contributed by atoms with E-state index >= 15 is 0 Å². The van der Waals surface area contributed by atoms with E-state index in [2.05, 4.69) is 55.2 Å². The van der Waals surface area contributed by atoms with Gasteiger partial charge in [0.2, 0.25) is 0 Å². The molecule has 1 aromatic carbocycles. The molecule has 0 saturated heterocycles. The minimum Gasteiger partial charge on any atom is -0.496 e. The van der Waals surface area contributed by atoms with Crippen molar-refractivity contribution in [2.45, 2.75) is 39.5 Å². The third-order valence-electron chi connectivity index (χ3n) is 4.54. The van der Waals surface area contributed by atoms with Crippen LogP contribution in [0.3, 0.4) is 0 Å². The Balaban J connectivity index is 2.18. The number of hydrogen-bond donors (Lipinski definition) is 0. The third-order valence-corrected chi connectivity index (χ3v) is 5.56. The SMILES string of the molecule is CCCCN(CCCC)c1ccc(C=Cc2ccc(C=CC#N)s2)c(OC)c1. The van der Waals surface area contributed by atoms with E-state index in [1.807, 2.05) is 18.2 Å². The molecule has 1 aromatic heterocycles. The lowest BCUT2D eigenvalue weighted by molar-refractivity contribution is 0.414. The number of anilines is 1. The van der Waals surface area contributed by atoms with E-state index in [1.54, 1.807) is 18.4 Å². The summed E-state index contributed by atoms with van der Waals surface area (Å²) in [7, 11) is 1.73. The standard InChI is InChI=1S/C24H30N2OS/c1-4-6-17-26(18-7-5-2)21-12-10-20(24(19-21)27-3)11-13-23-15-14-22(28-23)9-8-16-25/h8-15,19H,4-7,17-18H2,1-3H3. The Morgan fingerprint density at radius 1 is 1.00 bits per heavy atom. The van der Waals surface area contributed by atoms with Gasteiger partial charge in [0, 0.05) is 46.2 Å². The van der Waals surface area contributed by atoms with Gasteiger partial charge in [-0.05, 0) is 55.3 Å². The van der Waals surface area contributed by atoms with Gasteiger partial charge in [-0.15, -0.1) is 11.3 Å². The monoisotopic (exact) mass is 394 g/mol. The summed E-state index contributed by atoms with van der Waals surface area (Å²) in [5.74, 6) is 0.896. The lowest BCUT2D eigenvalue weighted by atomic mass is 10.1. The van der Waals surface area contributed by atoms with Gasteiger partial charge >= 0.3 is 0 Å². The molecular weight excluding hydrogens is 364 g/mol. The summed E-state index contributed by atoms with van der Waals surface area (Å²) in [5, 5.41) is 8.64. The number of thiophene rings is 1. The fourth-order valence-corrected chi connectivity index (χ4v) is 3.76. The molecule has 0 unspecified atom stereocenters. The van der Waals surface area contributed by atoms with E-state index in [0.717, 1.165) is 34.2 Å². The minimum atomic E-state index is 0.896. The van der Waals surface area contributed by atoms with Crippen molar-refractivity contribution < 1.29 is 4.74 Å². The largest absolute Gasteiger partial charge is 0.496 e. The molecule has 0 atom stereocenters. The zero-order chi connectivity index (χ0) is 20.2. The van der Waals surface area contributed by atoms with Crippen LogP contribution >= 0.6 is 11.3 Å². The number of nitrogens with zero attached hydrogens (tertiary/aromatic N) is 2. The maximum absolute atomic E-state index is 8.64. The maximum atomic E-state index is 8.64. The Hall–Kier alpha value is -2.51. The first kappa shape index (κ1) is 21.8. The fourth-order valence-electron chi connectivity index (χ4n) is 2.94. The van der Waals surface area contributed by atoms with Gasteiger partial charge in [-0.2, -0.15) is 5.26 Å². The quantitative estimate of drug-likeness (QED) is 0.390. The molecule has 148 valence electrons. The average Bonchev–Trinajstić information content (AvgIpc) is 3.18. The first-order valence-electron chi connectivity index (χ1n) is 9.98. The zero-order valence-electron chi connectivity index (χ0n) is 17.1. The van der Waals surface area contributed by atoms with Gasteiger partial charge in [-0.1, -0.05) is 26.7 Å². The van der Waals surface area contributed by atoms with Crippen molar-refractivity contribution in [2.24, 2.45) is 0 Å². The smallest absolute Gasteiger partial charge is 0.128 e. The normalized spacial score (nSPS) is 11.2. The number of rotatable bonds is 11. The molecule has 3 nitrogen and oxygen atoms in total. The topological polar surface area (TPSA) is 36.3 Å². The Labute approximate surface area is 173 Å². The highest BCUT2D eigenvalue weighted by Gasteiger charge is 2.09. The van der Waals surface area contributed by atoms with E-state index in [4.69, 9.17) is 10.00 Å². The van der Waals surface area contributed by atoms with E-state index in [-0.39, 0.29) is 0 Å². The molecule has 28 heavy (non-hydrogen) atoms. The number of allylic oxidation sites excluding steroid dienone is 1. The Morgan fingerprint density at radius 3 is 2.29 bits per heavy atom. The highest BCUT2D eigenvalue weighted by Crippen LogP contribution is 2.29. The van der Waals surface area contributed by atoms with E-state index in [9.17, 15) is 0 Å². The molecule has 0 aliphatic carbocycles. The molecule has 0 aliphatic rings. The van der Waals surface area contributed by atoms with Crippen LogP contribution in [0.25, 0.3) is 18.2 Å². The molecule has 0 radical (unpaired) electrons. The van der Waals surface area contributed by atoms with Crippen molar-refractivity contribution in [3.63, 3.8) is 0 Å². The molecule has 0 spiro atoms. The van der Waals surface area contributed by atoms with Crippen LogP contribution in [-0.4, -0.2) is 20.2 Å². The van der Waals surface area contributed by atoms with Crippen LogP contribution in [0, 0.1) is 11.3 Å². The zero-order valence-corrected chi connectivity index (χ0v) is 18.0. The molecule has 0 amide bonds. The molecule has 2 aromatic rings.